The molecule has 0 bridgehead atoms. The molecule has 0 aliphatic rings. The lowest BCUT2D eigenvalue weighted by atomic mass is 10.1. The van der Waals surface area contributed by atoms with E-state index in [1.807, 2.05) is 6.92 Å². The molecular formula is C24H22N4O5S. The molecule has 0 aliphatic carbocycles. The molecule has 0 radical (unpaired) electrons. The maximum Gasteiger partial charge on any atom is 0.337 e. The Bertz CT molecular complexity index is 1250. The lowest BCUT2D eigenvalue weighted by Gasteiger charge is -2.09. The summed E-state index contributed by atoms with van der Waals surface area (Å²) in [4.78, 5) is 28.1. The Morgan fingerprint density at radius 2 is 2.00 bits per heavy atom. The van der Waals surface area contributed by atoms with Crippen LogP contribution in [0.5, 0.6) is 0 Å². The fourth-order valence-corrected chi connectivity index (χ4v) is 3.87. The van der Waals surface area contributed by atoms with Gasteiger partial charge in [0.05, 0.1) is 36.8 Å². The van der Waals surface area contributed by atoms with Crippen LogP contribution in [0, 0.1) is 18.3 Å². The zero-order chi connectivity index (χ0) is 24.5. The van der Waals surface area contributed by atoms with Gasteiger partial charge in [0.1, 0.15) is 22.6 Å². The quantitative estimate of drug-likeness (QED) is 0.213. The van der Waals surface area contributed by atoms with Gasteiger partial charge in [-0.15, -0.1) is 0 Å². The number of aryl methyl sites for hydroxylation is 1. The molecular weight excluding hydrogens is 456 g/mol. The molecule has 2 aromatic heterocycles. The van der Waals surface area contributed by atoms with E-state index in [2.05, 4.69) is 26.3 Å². The number of rotatable bonds is 9. The number of nitrogens with zero attached hydrogens (tertiary/aromatic N) is 3. The van der Waals surface area contributed by atoms with Crippen LogP contribution in [0.25, 0.3) is 11.3 Å². The highest BCUT2D eigenvalue weighted by Gasteiger charge is 2.14. The van der Waals surface area contributed by atoms with Gasteiger partial charge >= 0.3 is 5.97 Å². The fourth-order valence-electron chi connectivity index (χ4n) is 3.00. The van der Waals surface area contributed by atoms with Crippen LogP contribution in [0.2, 0.25) is 0 Å². The van der Waals surface area contributed by atoms with Crippen molar-refractivity contribution in [1.29, 1.82) is 5.26 Å². The van der Waals surface area contributed by atoms with Crippen LogP contribution in [-0.4, -0.2) is 43.0 Å². The van der Waals surface area contributed by atoms with E-state index >= 15 is 0 Å². The molecule has 0 aliphatic heterocycles. The summed E-state index contributed by atoms with van der Waals surface area (Å²) >= 11 is 1.15. The topological polar surface area (TPSA) is 127 Å². The van der Waals surface area contributed by atoms with Crippen molar-refractivity contribution in [3.05, 3.63) is 70.6 Å². The molecule has 0 unspecified atom stereocenters. The van der Waals surface area contributed by atoms with Gasteiger partial charge in [0, 0.05) is 18.4 Å². The van der Waals surface area contributed by atoms with Crippen molar-refractivity contribution in [3.8, 4) is 17.4 Å². The number of benzene rings is 1. The van der Waals surface area contributed by atoms with Crippen molar-refractivity contribution in [2.75, 3.05) is 20.0 Å². The summed E-state index contributed by atoms with van der Waals surface area (Å²) in [5, 5.41) is 13.9. The van der Waals surface area contributed by atoms with Crippen molar-refractivity contribution in [1.82, 2.24) is 10.4 Å². The number of ether oxygens (including phenoxy) is 2. The van der Waals surface area contributed by atoms with Crippen LogP contribution in [0.4, 0.5) is 0 Å². The maximum atomic E-state index is 12.2. The molecule has 10 heteroatoms. The second-order valence-corrected chi connectivity index (χ2v) is 7.96. The number of amides is 1. The second kappa shape index (κ2) is 11.8. The molecule has 0 saturated carbocycles. The predicted octanol–water partition coefficient (Wildman–Crippen LogP) is 3.70. The zero-order valence-electron chi connectivity index (χ0n) is 18.8. The Hall–Kier alpha value is -3.94. The van der Waals surface area contributed by atoms with E-state index in [-0.39, 0.29) is 18.3 Å². The predicted molar refractivity (Wildman–Crippen MR) is 126 cm³/mol. The number of nitrogens with one attached hydrogen (secondary N) is 1. The number of hydrogen-bond donors (Lipinski definition) is 1. The van der Waals surface area contributed by atoms with E-state index in [9.17, 15) is 14.9 Å². The molecule has 1 aromatic carbocycles. The summed E-state index contributed by atoms with van der Waals surface area (Å²) in [7, 11) is 2.88. The van der Waals surface area contributed by atoms with Gasteiger partial charge in [-0.1, -0.05) is 23.9 Å². The molecule has 9 nitrogen and oxygen atoms in total. The molecule has 3 aromatic rings. The van der Waals surface area contributed by atoms with Crippen molar-refractivity contribution in [3.63, 3.8) is 0 Å². The number of nitriles is 1. The Morgan fingerprint density at radius 3 is 2.68 bits per heavy atom. The summed E-state index contributed by atoms with van der Waals surface area (Å²) in [6, 6.07) is 14.2. The van der Waals surface area contributed by atoms with Gasteiger partial charge in [-0.3, -0.25) is 4.79 Å². The van der Waals surface area contributed by atoms with Crippen LogP contribution in [0.1, 0.15) is 32.9 Å². The van der Waals surface area contributed by atoms with Crippen molar-refractivity contribution >= 4 is 29.9 Å². The first-order valence-electron chi connectivity index (χ1n) is 10.1. The number of pyridine rings is 1. The van der Waals surface area contributed by atoms with Crippen molar-refractivity contribution < 1.29 is 23.5 Å². The summed E-state index contributed by atoms with van der Waals surface area (Å²) in [5.74, 6) is 0.291. The second-order valence-electron chi connectivity index (χ2n) is 7.00. The monoisotopic (exact) mass is 478 g/mol. The van der Waals surface area contributed by atoms with Crippen LogP contribution in [0.3, 0.4) is 0 Å². The average molecular weight is 479 g/mol. The van der Waals surface area contributed by atoms with Crippen LogP contribution in [-0.2, 0) is 20.9 Å². The Kier molecular flexibility index (Phi) is 8.56. The molecule has 0 atom stereocenters. The minimum atomic E-state index is -0.412. The van der Waals surface area contributed by atoms with E-state index in [0.29, 0.717) is 27.7 Å². The number of carbonyl (C=O) groups is 2. The summed E-state index contributed by atoms with van der Waals surface area (Å²) in [6.45, 7) is 2.11. The molecule has 1 N–H and O–H groups in total. The molecule has 3 rings (SSSR count). The van der Waals surface area contributed by atoms with Gasteiger partial charge in [-0.25, -0.2) is 15.2 Å². The van der Waals surface area contributed by atoms with E-state index < -0.39 is 5.97 Å². The van der Waals surface area contributed by atoms with Crippen molar-refractivity contribution in [2.45, 2.75) is 18.6 Å². The van der Waals surface area contributed by atoms with Crippen LogP contribution >= 0.6 is 11.8 Å². The highest BCUT2D eigenvalue weighted by molar-refractivity contribution is 8.00. The molecule has 0 spiro atoms. The van der Waals surface area contributed by atoms with E-state index in [1.165, 1.54) is 13.3 Å². The first-order valence-corrected chi connectivity index (χ1v) is 11.1. The lowest BCUT2D eigenvalue weighted by Crippen LogP contribution is -2.19. The Balaban J connectivity index is 1.57. The largest absolute Gasteiger partial charge is 0.465 e. The number of methoxy groups -OCH3 is 2. The third-order valence-corrected chi connectivity index (χ3v) is 5.52. The maximum absolute atomic E-state index is 12.2. The highest BCUT2D eigenvalue weighted by atomic mass is 32.2. The summed E-state index contributed by atoms with van der Waals surface area (Å²) in [5.41, 5.74) is 5.52. The lowest BCUT2D eigenvalue weighted by molar-refractivity contribution is -0.118. The zero-order valence-corrected chi connectivity index (χ0v) is 19.6. The molecule has 1 amide bonds. The van der Waals surface area contributed by atoms with Crippen LogP contribution in [0.15, 0.2) is 57.0 Å². The summed E-state index contributed by atoms with van der Waals surface area (Å²) < 4.78 is 15.5. The Morgan fingerprint density at radius 1 is 1.24 bits per heavy atom. The molecule has 0 saturated heterocycles. The third kappa shape index (κ3) is 6.31. The summed E-state index contributed by atoms with van der Waals surface area (Å²) in [6.07, 6.45) is 1.39. The molecule has 174 valence electrons. The normalized spacial score (nSPS) is 10.8. The standard InChI is InChI=1S/C24H22N4O5S/c1-15-10-18(13-31-2)20(11-25)23(27-15)34-14-22(29)28-26-12-19-8-9-21(33-19)16-4-6-17(7-5-16)24(30)32-3/h4-10,12H,13-14H2,1-3H3,(H,28,29)/b26-12-. The van der Waals surface area contributed by atoms with Gasteiger partial charge in [0.2, 0.25) is 5.91 Å². The number of hydrazone groups is 1. The first kappa shape index (κ1) is 24.7. The number of carbonyl (C=O) groups excluding carboxylic acids is 2. The number of aromatic nitrogens is 1. The molecule has 2 heterocycles. The SMILES string of the molecule is COCc1cc(C)nc(SCC(=O)N/N=C\c2ccc(-c3ccc(C(=O)OC)cc3)o2)c1C#N. The third-order valence-electron chi connectivity index (χ3n) is 4.55. The molecule has 0 fully saturated rings. The number of furan rings is 1. The van der Waals surface area contributed by atoms with E-state index in [1.54, 1.807) is 49.6 Å². The number of hydrogen-bond acceptors (Lipinski definition) is 9. The molecule has 34 heavy (non-hydrogen) atoms. The number of thioether (sulfide) groups is 1. The smallest absolute Gasteiger partial charge is 0.337 e. The minimum Gasteiger partial charge on any atom is -0.465 e. The first-order chi connectivity index (χ1) is 16.4. The highest BCUT2D eigenvalue weighted by Crippen LogP contribution is 2.25. The van der Waals surface area contributed by atoms with Crippen LogP contribution < -0.4 is 5.43 Å². The number of esters is 1. The Labute approximate surface area is 200 Å². The van der Waals surface area contributed by atoms with Gasteiger partial charge in [-0.2, -0.15) is 10.4 Å². The van der Waals surface area contributed by atoms with Gasteiger partial charge in [0.15, 0.2) is 0 Å². The minimum absolute atomic E-state index is 0.0326. The average Bonchev–Trinajstić information content (AvgIpc) is 3.31. The van der Waals surface area contributed by atoms with Gasteiger partial charge < -0.3 is 13.9 Å². The fraction of sp³-hybridized carbons (Fsp3) is 0.208. The van der Waals surface area contributed by atoms with E-state index in [0.717, 1.165) is 28.6 Å². The van der Waals surface area contributed by atoms with Gasteiger partial charge in [0.25, 0.3) is 0 Å². The van der Waals surface area contributed by atoms with Crippen molar-refractivity contribution in [2.24, 2.45) is 5.10 Å². The van der Waals surface area contributed by atoms with E-state index in [4.69, 9.17) is 9.15 Å². The van der Waals surface area contributed by atoms with Gasteiger partial charge in [-0.05, 0) is 42.8 Å².